The molecule has 0 amide bonds. The fourth-order valence-corrected chi connectivity index (χ4v) is 4.03. The average Bonchev–Trinajstić information content (AvgIpc) is 3.31. The van der Waals surface area contributed by atoms with Gasteiger partial charge in [-0.15, -0.1) is 0 Å². The van der Waals surface area contributed by atoms with Crippen molar-refractivity contribution in [1.29, 1.82) is 0 Å². The van der Waals surface area contributed by atoms with Gasteiger partial charge in [-0.25, -0.2) is 0 Å². The van der Waals surface area contributed by atoms with Crippen molar-refractivity contribution in [2.45, 2.75) is 52.4 Å². The first-order chi connectivity index (χ1) is 13.2. The largest absolute Gasteiger partial charge is 0.464 e. The van der Waals surface area contributed by atoms with E-state index >= 15 is 0 Å². The highest BCUT2D eigenvalue weighted by atomic mass is 16.3. The van der Waals surface area contributed by atoms with Gasteiger partial charge in [0.1, 0.15) is 11.5 Å². The van der Waals surface area contributed by atoms with Gasteiger partial charge in [-0.1, -0.05) is 65.8 Å². The Labute approximate surface area is 167 Å². The molecule has 2 aromatic carbocycles. The molecule has 0 saturated carbocycles. The molecule has 0 aliphatic carbocycles. The van der Waals surface area contributed by atoms with Crippen LogP contribution in [0.25, 0.3) is 33.4 Å². The Morgan fingerprint density at radius 2 is 0.929 bits per heavy atom. The zero-order chi connectivity index (χ0) is 20.1. The van der Waals surface area contributed by atoms with Crippen molar-refractivity contribution in [3.05, 3.63) is 72.2 Å². The summed E-state index contributed by atoms with van der Waals surface area (Å²) >= 11 is 0. The third kappa shape index (κ3) is 3.07. The molecular formula is C26H28O2. The van der Waals surface area contributed by atoms with Crippen LogP contribution in [-0.2, 0) is 10.8 Å². The van der Waals surface area contributed by atoms with Gasteiger partial charge in [0.05, 0.1) is 12.5 Å². The molecule has 0 unspecified atom stereocenters. The third-order valence-corrected chi connectivity index (χ3v) is 5.35. The predicted octanol–water partition coefficient (Wildman–Crippen LogP) is 7.95. The van der Waals surface area contributed by atoms with Crippen LogP contribution < -0.4 is 0 Å². The van der Waals surface area contributed by atoms with Crippen molar-refractivity contribution < 1.29 is 8.83 Å². The second-order valence-corrected chi connectivity index (χ2v) is 9.53. The van der Waals surface area contributed by atoms with E-state index in [1.54, 1.807) is 12.5 Å². The van der Waals surface area contributed by atoms with Crippen molar-refractivity contribution in [1.82, 2.24) is 0 Å². The Hall–Kier alpha value is -2.74. The summed E-state index contributed by atoms with van der Waals surface area (Å²) < 4.78 is 11.7. The molecule has 0 saturated heterocycles. The zero-order valence-electron chi connectivity index (χ0n) is 17.6. The van der Waals surface area contributed by atoms with E-state index in [1.807, 2.05) is 24.3 Å². The van der Waals surface area contributed by atoms with Gasteiger partial charge in [-0.05, 0) is 57.0 Å². The smallest absolute Gasteiger partial charge is 0.134 e. The van der Waals surface area contributed by atoms with Gasteiger partial charge in [0.2, 0.25) is 0 Å². The van der Waals surface area contributed by atoms with E-state index in [0.29, 0.717) is 0 Å². The van der Waals surface area contributed by atoms with Crippen molar-refractivity contribution in [3.63, 3.8) is 0 Å². The molecule has 144 valence electrons. The van der Waals surface area contributed by atoms with E-state index in [4.69, 9.17) is 8.83 Å². The van der Waals surface area contributed by atoms with Crippen LogP contribution in [0.1, 0.15) is 52.7 Å². The first kappa shape index (κ1) is 18.6. The van der Waals surface area contributed by atoms with E-state index in [-0.39, 0.29) is 10.8 Å². The highest BCUT2D eigenvalue weighted by Gasteiger charge is 2.26. The molecule has 2 nitrogen and oxygen atoms in total. The van der Waals surface area contributed by atoms with Gasteiger partial charge in [-0.3, -0.25) is 0 Å². The van der Waals surface area contributed by atoms with E-state index in [2.05, 4.69) is 65.8 Å². The van der Waals surface area contributed by atoms with E-state index in [9.17, 15) is 0 Å². The van der Waals surface area contributed by atoms with Gasteiger partial charge in [0.15, 0.2) is 0 Å². The molecule has 0 N–H and O–H groups in total. The second-order valence-electron chi connectivity index (χ2n) is 9.53. The third-order valence-electron chi connectivity index (χ3n) is 5.35. The van der Waals surface area contributed by atoms with E-state index in [1.165, 1.54) is 33.0 Å². The number of benzene rings is 2. The maximum absolute atomic E-state index is 5.87. The van der Waals surface area contributed by atoms with Gasteiger partial charge < -0.3 is 8.83 Å². The predicted molar refractivity (Wildman–Crippen MR) is 117 cm³/mol. The molecule has 2 heteroatoms. The van der Waals surface area contributed by atoms with Gasteiger partial charge in [0, 0.05) is 11.1 Å². The Morgan fingerprint density at radius 3 is 1.21 bits per heavy atom. The van der Waals surface area contributed by atoms with Gasteiger partial charge in [-0.2, -0.15) is 0 Å². The Bertz CT molecular complexity index is 1010. The molecule has 0 fully saturated rings. The molecule has 0 bridgehead atoms. The van der Waals surface area contributed by atoms with Gasteiger partial charge >= 0.3 is 0 Å². The summed E-state index contributed by atoms with van der Waals surface area (Å²) in [5.41, 5.74) is 4.91. The Morgan fingerprint density at radius 1 is 0.536 bits per heavy atom. The summed E-state index contributed by atoms with van der Waals surface area (Å²) in [6.45, 7) is 13.5. The first-order valence-corrected chi connectivity index (χ1v) is 9.86. The fourth-order valence-electron chi connectivity index (χ4n) is 4.03. The minimum atomic E-state index is 0.00383. The van der Waals surface area contributed by atoms with Crippen LogP contribution in [0.15, 0.2) is 69.9 Å². The Kier molecular flexibility index (Phi) is 4.26. The molecule has 0 aliphatic rings. The Balaban J connectivity index is 2.16. The monoisotopic (exact) mass is 372 g/mol. The van der Waals surface area contributed by atoms with Crippen LogP contribution in [0.2, 0.25) is 0 Å². The normalized spacial score (nSPS) is 12.6. The first-order valence-electron chi connectivity index (χ1n) is 9.86. The topological polar surface area (TPSA) is 26.3 Å². The van der Waals surface area contributed by atoms with Crippen LogP contribution in [0.4, 0.5) is 0 Å². The molecule has 4 rings (SSSR count). The van der Waals surface area contributed by atoms with Crippen molar-refractivity contribution in [3.8, 4) is 22.6 Å². The number of hydrogen-bond acceptors (Lipinski definition) is 2. The van der Waals surface area contributed by atoms with Crippen LogP contribution in [-0.4, -0.2) is 0 Å². The standard InChI is InChI=1S/C26H28O2/c1-25(2,3)19-13-11-18-17(23(19)21-9-7-15-27-21)12-14-20(26(4,5)6)24(18)22-10-8-16-28-22/h7-16H,1-6H3. The van der Waals surface area contributed by atoms with Crippen LogP contribution in [0.5, 0.6) is 0 Å². The minimum Gasteiger partial charge on any atom is -0.464 e. The highest BCUT2D eigenvalue weighted by molar-refractivity contribution is 6.05. The summed E-state index contributed by atoms with van der Waals surface area (Å²) in [5, 5.41) is 2.39. The SMILES string of the molecule is CC(C)(C)c1ccc2c(-c3ccco3)c(C(C)(C)C)ccc2c1-c1ccco1. The highest BCUT2D eigenvalue weighted by Crippen LogP contribution is 2.44. The lowest BCUT2D eigenvalue weighted by atomic mass is 9.77. The van der Waals surface area contributed by atoms with E-state index in [0.717, 1.165) is 11.5 Å². The number of hydrogen-bond donors (Lipinski definition) is 0. The number of rotatable bonds is 2. The second kappa shape index (κ2) is 6.41. The molecule has 0 atom stereocenters. The minimum absolute atomic E-state index is 0.00383. The lowest BCUT2D eigenvalue weighted by Gasteiger charge is -2.27. The fraction of sp³-hybridized carbons (Fsp3) is 0.308. The molecule has 0 spiro atoms. The molecule has 0 radical (unpaired) electrons. The average molecular weight is 373 g/mol. The molecular weight excluding hydrogens is 344 g/mol. The van der Waals surface area contributed by atoms with Crippen LogP contribution in [0.3, 0.4) is 0 Å². The molecule has 4 aromatic rings. The summed E-state index contributed by atoms with van der Waals surface area (Å²) in [7, 11) is 0. The summed E-state index contributed by atoms with van der Waals surface area (Å²) in [6, 6.07) is 17.0. The van der Waals surface area contributed by atoms with Crippen molar-refractivity contribution in [2.24, 2.45) is 0 Å². The lowest BCUT2D eigenvalue weighted by molar-refractivity contribution is 0.566. The quantitative estimate of drug-likeness (QED) is 0.357. The summed E-state index contributed by atoms with van der Waals surface area (Å²) in [4.78, 5) is 0. The van der Waals surface area contributed by atoms with Gasteiger partial charge in [0.25, 0.3) is 0 Å². The van der Waals surface area contributed by atoms with Crippen molar-refractivity contribution in [2.75, 3.05) is 0 Å². The lowest BCUT2D eigenvalue weighted by Crippen LogP contribution is -2.15. The number of furan rings is 2. The maximum Gasteiger partial charge on any atom is 0.134 e. The molecule has 0 aliphatic heterocycles. The zero-order valence-corrected chi connectivity index (χ0v) is 17.6. The van der Waals surface area contributed by atoms with Crippen molar-refractivity contribution >= 4 is 10.8 Å². The summed E-state index contributed by atoms with van der Waals surface area (Å²) in [6.07, 6.45) is 3.50. The van der Waals surface area contributed by atoms with Crippen LogP contribution in [0, 0.1) is 0 Å². The number of fused-ring (bicyclic) bond motifs is 1. The van der Waals surface area contributed by atoms with Crippen LogP contribution >= 0.6 is 0 Å². The van der Waals surface area contributed by atoms with E-state index < -0.39 is 0 Å². The molecule has 28 heavy (non-hydrogen) atoms. The molecule has 2 aromatic heterocycles. The maximum atomic E-state index is 5.87. The molecule has 2 heterocycles. The summed E-state index contributed by atoms with van der Waals surface area (Å²) in [5.74, 6) is 1.81.